The molecule has 0 spiro atoms. The molecule has 0 saturated carbocycles. The van der Waals surface area contributed by atoms with E-state index in [0.717, 1.165) is 0 Å². The number of aliphatic hydroxyl groups excluding tert-OH is 1. The molecular formula is C10H12F3NOS. The summed E-state index contributed by atoms with van der Waals surface area (Å²) in [4.78, 5) is 0.0935. The monoisotopic (exact) mass is 251 g/mol. The molecule has 0 amide bonds. The molecule has 0 radical (unpaired) electrons. The Hall–Kier alpha value is -0.720. The largest absolute Gasteiger partial charge is 0.446 e. The third kappa shape index (κ3) is 4.03. The maximum Gasteiger partial charge on any atom is 0.446 e. The molecule has 1 aromatic carbocycles. The van der Waals surface area contributed by atoms with Gasteiger partial charge in [-0.25, -0.2) is 0 Å². The molecule has 0 saturated heterocycles. The lowest BCUT2D eigenvalue weighted by Crippen LogP contribution is -2.13. The summed E-state index contributed by atoms with van der Waals surface area (Å²) in [5, 5.41) is 8.71. The van der Waals surface area contributed by atoms with Crippen molar-refractivity contribution in [1.29, 1.82) is 0 Å². The minimum atomic E-state index is -4.32. The van der Waals surface area contributed by atoms with Crippen LogP contribution in [0.3, 0.4) is 0 Å². The number of hydrogen-bond donors (Lipinski definition) is 2. The second kappa shape index (κ2) is 5.56. The van der Waals surface area contributed by atoms with Gasteiger partial charge in [-0.05, 0) is 29.8 Å². The molecule has 0 fully saturated rings. The highest BCUT2D eigenvalue weighted by molar-refractivity contribution is 8.00. The number of alkyl halides is 3. The maximum atomic E-state index is 12.2. The van der Waals surface area contributed by atoms with Crippen molar-refractivity contribution < 1.29 is 18.3 Å². The second-order valence-corrected chi connectivity index (χ2v) is 4.31. The van der Waals surface area contributed by atoms with Crippen molar-refractivity contribution >= 4 is 11.8 Å². The number of nitrogens with two attached hydrogens (primary N) is 1. The third-order valence-electron chi connectivity index (χ3n) is 1.98. The summed E-state index contributed by atoms with van der Waals surface area (Å²) >= 11 is -0.180. The van der Waals surface area contributed by atoms with Gasteiger partial charge in [0, 0.05) is 17.5 Å². The lowest BCUT2D eigenvalue weighted by molar-refractivity contribution is -0.0328. The van der Waals surface area contributed by atoms with Crippen LogP contribution in [0.15, 0.2) is 29.2 Å². The molecule has 0 heterocycles. The van der Waals surface area contributed by atoms with Gasteiger partial charge in [-0.2, -0.15) is 13.2 Å². The van der Waals surface area contributed by atoms with Gasteiger partial charge in [0.1, 0.15) is 0 Å². The zero-order valence-corrected chi connectivity index (χ0v) is 9.18. The van der Waals surface area contributed by atoms with E-state index in [1.807, 2.05) is 0 Å². The number of hydrogen-bond acceptors (Lipinski definition) is 3. The zero-order valence-electron chi connectivity index (χ0n) is 8.37. The van der Waals surface area contributed by atoms with E-state index in [1.54, 1.807) is 12.1 Å². The Morgan fingerprint density at radius 1 is 1.31 bits per heavy atom. The summed E-state index contributed by atoms with van der Waals surface area (Å²) < 4.78 is 36.7. The lowest BCUT2D eigenvalue weighted by atomic mass is 10.1. The molecule has 1 aromatic rings. The first-order valence-electron chi connectivity index (χ1n) is 4.65. The molecule has 0 aliphatic heterocycles. The highest BCUT2D eigenvalue weighted by Gasteiger charge is 2.30. The number of thioether (sulfide) groups is 1. The van der Waals surface area contributed by atoms with E-state index in [9.17, 15) is 13.2 Å². The fourth-order valence-electron chi connectivity index (χ4n) is 1.30. The molecule has 1 rings (SSSR count). The third-order valence-corrected chi connectivity index (χ3v) is 2.81. The van der Waals surface area contributed by atoms with Crippen LogP contribution in [0, 0.1) is 0 Å². The Balaban J connectivity index is 2.91. The highest BCUT2D eigenvalue weighted by Crippen LogP contribution is 2.39. The Bertz CT molecular complexity index is 343. The first kappa shape index (κ1) is 13.3. The average molecular weight is 251 g/mol. The summed E-state index contributed by atoms with van der Waals surface area (Å²) in [6, 6.07) is 5.52. The van der Waals surface area contributed by atoms with E-state index in [4.69, 9.17) is 10.8 Å². The van der Waals surface area contributed by atoms with Crippen LogP contribution in [0.25, 0.3) is 0 Å². The molecule has 3 N–H and O–H groups in total. The molecule has 0 bridgehead atoms. The SMILES string of the molecule is N[C@H](CCO)c1ccccc1SC(F)(F)F. The molecule has 2 nitrogen and oxygen atoms in total. The molecule has 0 aliphatic rings. The van der Waals surface area contributed by atoms with Crippen molar-refractivity contribution in [3.05, 3.63) is 29.8 Å². The van der Waals surface area contributed by atoms with Crippen molar-refractivity contribution in [2.24, 2.45) is 5.73 Å². The van der Waals surface area contributed by atoms with Gasteiger partial charge in [0.2, 0.25) is 0 Å². The number of rotatable bonds is 4. The summed E-state index contributed by atoms with van der Waals surface area (Å²) in [7, 11) is 0. The van der Waals surface area contributed by atoms with Crippen LogP contribution in [-0.2, 0) is 0 Å². The van der Waals surface area contributed by atoms with E-state index in [-0.39, 0.29) is 29.7 Å². The van der Waals surface area contributed by atoms with Crippen LogP contribution in [0.1, 0.15) is 18.0 Å². The molecule has 0 unspecified atom stereocenters. The molecule has 6 heteroatoms. The average Bonchev–Trinajstić information content (AvgIpc) is 2.16. The Morgan fingerprint density at radius 3 is 2.50 bits per heavy atom. The first-order chi connectivity index (χ1) is 7.44. The van der Waals surface area contributed by atoms with Gasteiger partial charge in [0.05, 0.1) is 0 Å². The van der Waals surface area contributed by atoms with Crippen LogP contribution < -0.4 is 5.73 Å². The molecule has 0 aromatic heterocycles. The van der Waals surface area contributed by atoms with Gasteiger partial charge >= 0.3 is 5.51 Å². The van der Waals surface area contributed by atoms with Gasteiger partial charge in [0.25, 0.3) is 0 Å². The van der Waals surface area contributed by atoms with Gasteiger partial charge in [-0.3, -0.25) is 0 Å². The van der Waals surface area contributed by atoms with Crippen molar-refractivity contribution in [3.8, 4) is 0 Å². The minimum absolute atomic E-state index is 0.0935. The van der Waals surface area contributed by atoms with Crippen LogP contribution in [0.4, 0.5) is 13.2 Å². The molecular weight excluding hydrogens is 239 g/mol. The summed E-state index contributed by atoms with van der Waals surface area (Å²) in [5.74, 6) is 0. The van der Waals surface area contributed by atoms with Gasteiger partial charge in [0.15, 0.2) is 0 Å². The van der Waals surface area contributed by atoms with Crippen molar-refractivity contribution in [3.63, 3.8) is 0 Å². The number of benzene rings is 1. The van der Waals surface area contributed by atoms with E-state index in [1.165, 1.54) is 12.1 Å². The quantitative estimate of drug-likeness (QED) is 0.809. The standard InChI is InChI=1S/C10H12F3NOS/c11-10(12,13)16-9-4-2-1-3-7(9)8(14)5-6-15/h1-4,8,15H,5-6,14H2/t8-/m1/s1. The molecule has 90 valence electrons. The van der Waals surface area contributed by atoms with Crippen LogP contribution in [0.5, 0.6) is 0 Å². The normalized spacial score (nSPS) is 13.8. The Labute approximate surface area is 95.6 Å². The van der Waals surface area contributed by atoms with Crippen LogP contribution >= 0.6 is 11.8 Å². The van der Waals surface area contributed by atoms with Crippen molar-refractivity contribution in [2.75, 3.05) is 6.61 Å². The number of aliphatic hydroxyl groups is 1. The van der Waals surface area contributed by atoms with Gasteiger partial charge in [-0.1, -0.05) is 18.2 Å². The summed E-state index contributed by atoms with van der Waals surface area (Å²) in [5.41, 5.74) is 1.78. The Morgan fingerprint density at radius 2 is 1.94 bits per heavy atom. The highest BCUT2D eigenvalue weighted by atomic mass is 32.2. The maximum absolute atomic E-state index is 12.2. The second-order valence-electron chi connectivity index (χ2n) is 3.20. The van der Waals surface area contributed by atoms with Gasteiger partial charge < -0.3 is 10.8 Å². The molecule has 16 heavy (non-hydrogen) atoms. The lowest BCUT2D eigenvalue weighted by Gasteiger charge is -2.15. The first-order valence-corrected chi connectivity index (χ1v) is 5.47. The predicted molar refractivity (Wildman–Crippen MR) is 57.0 cm³/mol. The fraction of sp³-hybridized carbons (Fsp3) is 0.400. The van der Waals surface area contributed by atoms with E-state index >= 15 is 0 Å². The zero-order chi connectivity index (χ0) is 12.2. The fourth-order valence-corrected chi connectivity index (χ4v) is 2.03. The van der Waals surface area contributed by atoms with Crippen LogP contribution in [0.2, 0.25) is 0 Å². The van der Waals surface area contributed by atoms with Crippen molar-refractivity contribution in [1.82, 2.24) is 0 Å². The molecule has 0 aliphatic carbocycles. The van der Waals surface area contributed by atoms with E-state index in [2.05, 4.69) is 0 Å². The predicted octanol–water partition coefficient (Wildman–Crippen LogP) is 2.68. The topological polar surface area (TPSA) is 46.2 Å². The van der Waals surface area contributed by atoms with Crippen LogP contribution in [-0.4, -0.2) is 17.2 Å². The smallest absolute Gasteiger partial charge is 0.396 e. The van der Waals surface area contributed by atoms with E-state index in [0.29, 0.717) is 5.56 Å². The Kier molecular flexibility index (Phi) is 4.64. The summed E-state index contributed by atoms with van der Waals surface area (Å²) in [6.07, 6.45) is 0.245. The molecule has 1 atom stereocenters. The van der Waals surface area contributed by atoms with Crippen molar-refractivity contribution in [2.45, 2.75) is 22.9 Å². The van der Waals surface area contributed by atoms with E-state index < -0.39 is 11.6 Å². The number of halogens is 3. The minimum Gasteiger partial charge on any atom is -0.396 e. The van der Waals surface area contributed by atoms with Gasteiger partial charge in [-0.15, -0.1) is 0 Å². The summed E-state index contributed by atoms with van der Waals surface area (Å²) in [6.45, 7) is -0.147.